The summed E-state index contributed by atoms with van der Waals surface area (Å²) in [6.07, 6.45) is 6.51. The van der Waals surface area contributed by atoms with Crippen LogP contribution in [-0.4, -0.2) is 65.1 Å². The third-order valence-corrected chi connectivity index (χ3v) is 6.81. The summed E-state index contributed by atoms with van der Waals surface area (Å²) < 4.78 is 28.2. The Bertz CT molecular complexity index is 572. The van der Waals surface area contributed by atoms with Crippen LogP contribution in [0.4, 0.5) is 0 Å². The van der Waals surface area contributed by atoms with Crippen molar-refractivity contribution in [1.29, 1.82) is 0 Å². The van der Waals surface area contributed by atoms with Crippen LogP contribution in [0, 0.1) is 0 Å². The van der Waals surface area contributed by atoms with E-state index in [-0.39, 0.29) is 5.25 Å². The Kier molecular flexibility index (Phi) is 4.33. The maximum absolute atomic E-state index is 12.2. The largest absolute Gasteiger partial charge is 0.334 e. The second-order valence-electron chi connectivity index (χ2n) is 5.88. The quantitative estimate of drug-likeness (QED) is 0.770. The topological polar surface area (TPSA) is 58.4 Å². The molecule has 2 fully saturated rings. The SMILES string of the molecule is CCc1nccn1CCN1CCN(S(=O)(=O)C2CC2)CC1. The Hall–Kier alpha value is -0.920. The zero-order valence-electron chi connectivity index (χ0n) is 12.6. The lowest BCUT2D eigenvalue weighted by atomic mass is 10.3. The molecule has 6 nitrogen and oxygen atoms in total. The number of piperazine rings is 1. The first-order valence-electron chi connectivity index (χ1n) is 7.82. The zero-order chi connectivity index (χ0) is 14.9. The van der Waals surface area contributed by atoms with Gasteiger partial charge in [-0.25, -0.2) is 13.4 Å². The van der Waals surface area contributed by atoms with Crippen molar-refractivity contribution in [2.45, 2.75) is 38.0 Å². The summed E-state index contributed by atoms with van der Waals surface area (Å²) in [5, 5.41) is -0.0814. The van der Waals surface area contributed by atoms with Crippen molar-refractivity contribution < 1.29 is 8.42 Å². The molecular formula is C14H24N4O2S. The highest BCUT2D eigenvalue weighted by Crippen LogP contribution is 2.31. The van der Waals surface area contributed by atoms with Crippen molar-refractivity contribution in [2.75, 3.05) is 32.7 Å². The fraction of sp³-hybridized carbons (Fsp3) is 0.786. The van der Waals surface area contributed by atoms with Crippen molar-refractivity contribution in [2.24, 2.45) is 0 Å². The van der Waals surface area contributed by atoms with Crippen molar-refractivity contribution in [3.05, 3.63) is 18.2 Å². The van der Waals surface area contributed by atoms with Crippen molar-refractivity contribution in [3.8, 4) is 0 Å². The van der Waals surface area contributed by atoms with Gasteiger partial charge in [-0.3, -0.25) is 4.90 Å². The van der Waals surface area contributed by atoms with Crippen molar-refractivity contribution in [1.82, 2.24) is 18.8 Å². The first-order chi connectivity index (χ1) is 10.1. The van der Waals surface area contributed by atoms with E-state index < -0.39 is 10.0 Å². The van der Waals surface area contributed by atoms with Gasteiger partial charge < -0.3 is 4.57 Å². The Morgan fingerprint density at radius 1 is 1.19 bits per heavy atom. The van der Waals surface area contributed by atoms with Gasteiger partial charge >= 0.3 is 0 Å². The van der Waals surface area contributed by atoms with Crippen molar-refractivity contribution in [3.63, 3.8) is 0 Å². The van der Waals surface area contributed by atoms with E-state index in [2.05, 4.69) is 21.4 Å². The van der Waals surface area contributed by atoms with Gasteiger partial charge in [0.1, 0.15) is 5.82 Å². The lowest BCUT2D eigenvalue weighted by Crippen LogP contribution is -2.50. The lowest BCUT2D eigenvalue weighted by molar-refractivity contribution is 0.182. The van der Waals surface area contributed by atoms with Crippen molar-refractivity contribution >= 4 is 10.0 Å². The molecule has 0 atom stereocenters. The standard InChI is InChI=1S/C14H24N4O2S/c1-2-14-15-5-6-17(14)10-7-16-8-11-18(12-9-16)21(19,20)13-3-4-13/h5-6,13H,2-4,7-12H2,1H3. The molecule has 1 saturated heterocycles. The van der Waals surface area contributed by atoms with Gasteiger partial charge in [-0.1, -0.05) is 6.92 Å². The van der Waals surface area contributed by atoms with E-state index in [0.29, 0.717) is 13.1 Å². The molecule has 1 saturated carbocycles. The third-order valence-electron chi connectivity index (χ3n) is 4.41. The lowest BCUT2D eigenvalue weighted by Gasteiger charge is -2.34. The van der Waals surface area contributed by atoms with Crippen LogP contribution >= 0.6 is 0 Å². The summed E-state index contributed by atoms with van der Waals surface area (Å²) in [5.74, 6) is 1.12. The Morgan fingerprint density at radius 2 is 1.90 bits per heavy atom. The average molecular weight is 312 g/mol. The fourth-order valence-corrected chi connectivity index (χ4v) is 4.72. The second kappa shape index (κ2) is 6.06. The van der Waals surface area contributed by atoms with Gasteiger partial charge in [0.25, 0.3) is 0 Å². The molecule has 1 aromatic rings. The van der Waals surface area contributed by atoms with Gasteiger partial charge in [0.15, 0.2) is 0 Å². The molecule has 1 aliphatic carbocycles. The van der Waals surface area contributed by atoms with Gasteiger partial charge in [-0.15, -0.1) is 0 Å². The van der Waals surface area contributed by atoms with E-state index in [1.54, 1.807) is 4.31 Å². The Morgan fingerprint density at radius 3 is 2.52 bits per heavy atom. The summed E-state index contributed by atoms with van der Waals surface area (Å²) >= 11 is 0. The van der Waals surface area contributed by atoms with E-state index in [9.17, 15) is 8.42 Å². The predicted molar refractivity (Wildman–Crippen MR) is 81.6 cm³/mol. The molecule has 1 aliphatic heterocycles. The van der Waals surface area contributed by atoms with Gasteiger partial charge in [-0.05, 0) is 12.8 Å². The summed E-state index contributed by atoms with van der Waals surface area (Å²) in [7, 11) is -2.99. The number of nitrogens with zero attached hydrogens (tertiary/aromatic N) is 4. The Balaban J connectivity index is 1.48. The maximum Gasteiger partial charge on any atom is 0.217 e. The maximum atomic E-state index is 12.2. The normalized spacial score (nSPS) is 21.8. The molecule has 0 amide bonds. The molecule has 0 spiro atoms. The fourth-order valence-electron chi connectivity index (χ4n) is 2.89. The van der Waals surface area contributed by atoms with Gasteiger partial charge in [-0.2, -0.15) is 4.31 Å². The minimum Gasteiger partial charge on any atom is -0.334 e. The molecular weight excluding hydrogens is 288 g/mol. The van der Waals surface area contributed by atoms with E-state index >= 15 is 0 Å². The molecule has 2 heterocycles. The Labute approximate surface area is 126 Å². The molecule has 2 aliphatic rings. The van der Waals surface area contributed by atoms with Crippen LogP contribution in [0.1, 0.15) is 25.6 Å². The summed E-state index contributed by atoms with van der Waals surface area (Å²) in [5.41, 5.74) is 0. The first-order valence-corrected chi connectivity index (χ1v) is 9.33. The van der Waals surface area contributed by atoms with Crippen LogP contribution in [0.25, 0.3) is 0 Å². The molecule has 0 aromatic carbocycles. The molecule has 118 valence electrons. The minimum absolute atomic E-state index is 0.0814. The number of aromatic nitrogens is 2. The highest BCUT2D eigenvalue weighted by atomic mass is 32.2. The number of aryl methyl sites for hydroxylation is 1. The smallest absolute Gasteiger partial charge is 0.217 e. The van der Waals surface area contributed by atoms with Crippen LogP contribution in [0.2, 0.25) is 0 Å². The predicted octanol–water partition coefficient (Wildman–Crippen LogP) is 0.555. The zero-order valence-corrected chi connectivity index (χ0v) is 13.4. The molecule has 21 heavy (non-hydrogen) atoms. The molecule has 1 aromatic heterocycles. The molecule has 7 heteroatoms. The molecule has 0 bridgehead atoms. The summed E-state index contributed by atoms with van der Waals surface area (Å²) in [4.78, 5) is 6.67. The number of rotatable bonds is 6. The number of imidazole rings is 1. The highest BCUT2D eigenvalue weighted by Gasteiger charge is 2.40. The molecule has 0 N–H and O–H groups in total. The van der Waals surface area contributed by atoms with Crippen LogP contribution in [-0.2, 0) is 23.0 Å². The number of hydrogen-bond donors (Lipinski definition) is 0. The number of hydrogen-bond acceptors (Lipinski definition) is 4. The van der Waals surface area contributed by atoms with Crippen LogP contribution < -0.4 is 0 Å². The summed E-state index contributed by atoms with van der Waals surface area (Å²) in [6.45, 7) is 6.95. The molecule has 0 unspecified atom stereocenters. The number of sulfonamides is 1. The van der Waals surface area contributed by atoms with Crippen LogP contribution in [0.15, 0.2) is 12.4 Å². The third kappa shape index (κ3) is 3.30. The first kappa shape index (κ1) is 15.0. The monoisotopic (exact) mass is 312 g/mol. The molecule has 0 radical (unpaired) electrons. The van der Waals surface area contributed by atoms with E-state index in [4.69, 9.17) is 0 Å². The van der Waals surface area contributed by atoms with Gasteiger partial charge in [0.2, 0.25) is 10.0 Å². The van der Waals surface area contributed by atoms with Gasteiger partial charge in [0, 0.05) is 58.1 Å². The second-order valence-corrected chi connectivity index (χ2v) is 8.09. The highest BCUT2D eigenvalue weighted by molar-refractivity contribution is 7.90. The van der Waals surface area contributed by atoms with Crippen LogP contribution in [0.5, 0.6) is 0 Å². The molecule has 3 rings (SSSR count). The summed E-state index contributed by atoms with van der Waals surface area (Å²) in [6, 6.07) is 0. The van der Waals surface area contributed by atoms with E-state index in [1.165, 1.54) is 0 Å². The van der Waals surface area contributed by atoms with E-state index in [1.807, 2.05) is 12.4 Å². The average Bonchev–Trinajstić information content (AvgIpc) is 3.26. The van der Waals surface area contributed by atoms with Crippen LogP contribution in [0.3, 0.4) is 0 Å². The minimum atomic E-state index is -2.99. The van der Waals surface area contributed by atoms with Gasteiger partial charge in [0.05, 0.1) is 5.25 Å². The van der Waals surface area contributed by atoms with E-state index in [0.717, 1.165) is 51.3 Å².